The van der Waals surface area contributed by atoms with E-state index in [-0.39, 0.29) is 13.2 Å². The quantitative estimate of drug-likeness (QED) is 0.327. The molecule has 3 aromatic carbocycles. The first-order valence-electron chi connectivity index (χ1n) is 10.9. The first kappa shape index (κ1) is 23.3. The van der Waals surface area contributed by atoms with Gasteiger partial charge in [-0.25, -0.2) is 0 Å². The van der Waals surface area contributed by atoms with Gasteiger partial charge in [0.25, 0.3) is 5.91 Å². The van der Waals surface area contributed by atoms with Gasteiger partial charge in [-0.2, -0.15) is 4.99 Å². The molecule has 0 saturated heterocycles. The Kier molecular flexibility index (Phi) is 7.39. The Morgan fingerprint density at radius 1 is 0.882 bits per heavy atom. The molecular formula is C26H24N2O5S. The number of benzene rings is 3. The van der Waals surface area contributed by atoms with Crippen LogP contribution in [0.4, 0.5) is 0 Å². The molecule has 0 aliphatic carbocycles. The predicted octanol–water partition coefficient (Wildman–Crippen LogP) is 5.20. The second-order valence-corrected chi connectivity index (χ2v) is 8.18. The average molecular weight is 477 g/mol. The molecule has 0 saturated carbocycles. The van der Waals surface area contributed by atoms with Gasteiger partial charge in [-0.15, -0.1) is 0 Å². The van der Waals surface area contributed by atoms with E-state index in [1.165, 1.54) is 11.3 Å². The maximum Gasteiger partial charge on any atom is 0.326 e. The molecule has 0 bridgehead atoms. The van der Waals surface area contributed by atoms with Crippen molar-refractivity contribution in [3.63, 3.8) is 0 Å². The largest absolute Gasteiger partial charge is 0.492 e. The van der Waals surface area contributed by atoms with Crippen molar-refractivity contribution in [2.24, 2.45) is 4.99 Å². The van der Waals surface area contributed by atoms with Crippen LogP contribution in [-0.4, -0.2) is 29.7 Å². The fourth-order valence-electron chi connectivity index (χ4n) is 3.38. The summed E-state index contributed by atoms with van der Waals surface area (Å²) in [7, 11) is 0. The maximum atomic E-state index is 13.0. The molecule has 4 aromatic rings. The van der Waals surface area contributed by atoms with Crippen molar-refractivity contribution in [3.05, 3.63) is 83.2 Å². The average Bonchev–Trinajstić information content (AvgIpc) is 3.18. The van der Waals surface area contributed by atoms with Crippen LogP contribution in [0.5, 0.6) is 17.2 Å². The fourth-order valence-corrected chi connectivity index (χ4v) is 4.42. The topological polar surface area (TPSA) is 79.1 Å². The molecule has 34 heavy (non-hydrogen) atoms. The molecule has 0 aliphatic rings. The summed E-state index contributed by atoms with van der Waals surface area (Å²) < 4.78 is 19.2. The Balaban J connectivity index is 1.68. The van der Waals surface area contributed by atoms with Crippen molar-refractivity contribution in [2.45, 2.75) is 20.4 Å². The van der Waals surface area contributed by atoms with E-state index in [0.29, 0.717) is 39.7 Å². The van der Waals surface area contributed by atoms with Crippen molar-refractivity contribution in [1.82, 2.24) is 4.57 Å². The number of aromatic nitrogens is 1. The number of esters is 1. The SMILES string of the molecule is CCOC(=O)Cn1c(=NC(=O)c2ccc(Oc3ccccc3)cc2)sc2cccc(OCC)c21. The molecule has 0 aliphatic heterocycles. The summed E-state index contributed by atoms with van der Waals surface area (Å²) in [5.74, 6) is 1.11. The number of rotatable bonds is 8. The number of fused-ring (bicyclic) bond motifs is 1. The highest BCUT2D eigenvalue weighted by atomic mass is 32.1. The lowest BCUT2D eigenvalue weighted by Crippen LogP contribution is -2.23. The smallest absolute Gasteiger partial charge is 0.326 e. The Morgan fingerprint density at radius 2 is 1.62 bits per heavy atom. The lowest BCUT2D eigenvalue weighted by Gasteiger charge is -2.09. The predicted molar refractivity (Wildman–Crippen MR) is 130 cm³/mol. The number of hydrogen-bond acceptors (Lipinski definition) is 6. The number of amides is 1. The van der Waals surface area contributed by atoms with Crippen LogP contribution in [0, 0.1) is 0 Å². The molecule has 0 spiro atoms. The van der Waals surface area contributed by atoms with Crippen molar-refractivity contribution in [3.8, 4) is 17.2 Å². The minimum atomic E-state index is -0.423. The van der Waals surface area contributed by atoms with Gasteiger partial charge in [0.1, 0.15) is 29.3 Å². The molecule has 0 radical (unpaired) electrons. The van der Waals surface area contributed by atoms with E-state index in [2.05, 4.69) is 4.99 Å². The number of carbonyl (C=O) groups excluding carboxylic acids is 2. The third-order valence-electron chi connectivity index (χ3n) is 4.83. The lowest BCUT2D eigenvalue weighted by atomic mass is 10.2. The molecule has 1 amide bonds. The molecule has 4 rings (SSSR count). The van der Waals surface area contributed by atoms with E-state index in [1.807, 2.05) is 55.5 Å². The molecule has 8 heteroatoms. The monoisotopic (exact) mass is 476 g/mol. The lowest BCUT2D eigenvalue weighted by molar-refractivity contribution is -0.143. The molecule has 1 aromatic heterocycles. The number of carbonyl (C=O) groups is 2. The number of nitrogens with zero attached hydrogens (tertiary/aromatic N) is 2. The van der Waals surface area contributed by atoms with Gasteiger partial charge in [0.15, 0.2) is 4.80 Å². The van der Waals surface area contributed by atoms with Gasteiger partial charge in [-0.05, 0) is 62.4 Å². The van der Waals surface area contributed by atoms with Gasteiger partial charge < -0.3 is 18.8 Å². The summed E-state index contributed by atoms with van der Waals surface area (Å²) in [6, 6.07) is 21.8. The third-order valence-corrected chi connectivity index (χ3v) is 5.88. The first-order valence-corrected chi connectivity index (χ1v) is 11.7. The standard InChI is InChI=1S/C26H24N2O5S/c1-3-31-21-11-8-12-22-24(21)28(17-23(29)32-4-2)26(34-22)27-25(30)18-13-15-20(16-14-18)33-19-9-6-5-7-10-19/h5-16H,3-4,17H2,1-2H3. The van der Waals surface area contributed by atoms with Crippen LogP contribution >= 0.6 is 11.3 Å². The van der Waals surface area contributed by atoms with Gasteiger partial charge in [0.05, 0.1) is 17.9 Å². The minimum Gasteiger partial charge on any atom is -0.492 e. The van der Waals surface area contributed by atoms with E-state index in [4.69, 9.17) is 14.2 Å². The van der Waals surface area contributed by atoms with Crippen LogP contribution in [0.2, 0.25) is 0 Å². The summed E-state index contributed by atoms with van der Waals surface area (Å²) in [4.78, 5) is 30.0. The van der Waals surface area contributed by atoms with Crippen molar-refractivity contribution in [2.75, 3.05) is 13.2 Å². The molecular weight excluding hydrogens is 452 g/mol. The number of para-hydroxylation sites is 2. The van der Waals surface area contributed by atoms with Crippen LogP contribution in [-0.2, 0) is 16.1 Å². The zero-order valence-electron chi connectivity index (χ0n) is 18.9. The van der Waals surface area contributed by atoms with Crippen LogP contribution in [0.25, 0.3) is 10.2 Å². The molecule has 0 atom stereocenters. The highest BCUT2D eigenvalue weighted by Crippen LogP contribution is 2.28. The summed E-state index contributed by atoms with van der Waals surface area (Å²) in [6.07, 6.45) is 0. The highest BCUT2D eigenvalue weighted by Gasteiger charge is 2.16. The van der Waals surface area contributed by atoms with Gasteiger partial charge in [-0.3, -0.25) is 9.59 Å². The normalized spacial score (nSPS) is 11.4. The van der Waals surface area contributed by atoms with Crippen molar-refractivity contribution < 1.29 is 23.8 Å². The first-order chi connectivity index (χ1) is 16.6. The molecule has 1 heterocycles. The third kappa shape index (κ3) is 5.35. The Labute approximate surface area is 200 Å². The minimum absolute atomic E-state index is 0.0755. The molecule has 7 nitrogen and oxygen atoms in total. The van der Waals surface area contributed by atoms with Gasteiger partial charge in [0.2, 0.25) is 0 Å². The second-order valence-electron chi connectivity index (χ2n) is 7.17. The zero-order valence-corrected chi connectivity index (χ0v) is 19.7. The molecule has 174 valence electrons. The van der Waals surface area contributed by atoms with Gasteiger partial charge >= 0.3 is 5.97 Å². The van der Waals surface area contributed by atoms with Gasteiger partial charge in [-0.1, -0.05) is 35.6 Å². The van der Waals surface area contributed by atoms with Crippen LogP contribution < -0.4 is 14.3 Å². The van der Waals surface area contributed by atoms with Crippen molar-refractivity contribution >= 4 is 33.4 Å². The Hall–Kier alpha value is -3.91. The Bertz CT molecular complexity index is 1360. The summed E-state index contributed by atoms with van der Waals surface area (Å²) in [5.41, 5.74) is 1.12. The summed E-state index contributed by atoms with van der Waals surface area (Å²) >= 11 is 1.31. The van der Waals surface area contributed by atoms with Crippen molar-refractivity contribution in [1.29, 1.82) is 0 Å². The summed E-state index contributed by atoms with van der Waals surface area (Å²) in [5, 5.41) is 0. The molecule has 0 unspecified atom stereocenters. The second kappa shape index (κ2) is 10.8. The number of ether oxygens (including phenoxy) is 3. The number of hydrogen-bond donors (Lipinski definition) is 0. The Morgan fingerprint density at radius 3 is 2.32 bits per heavy atom. The molecule has 0 fully saturated rings. The fraction of sp³-hybridized carbons (Fsp3) is 0.192. The van der Waals surface area contributed by atoms with E-state index in [1.54, 1.807) is 35.8 Å². The zero-order chi connectivity index (χ0) is 23.9. The summed E-state index contributed by atoms with van der Waals surface area (Å²) in [6.45, 7) is 4.30. The molecule has 0 N–H and O–H groups in total. The van der Waals surface area contributed by atoms with E-state index >= 15 is 0 Å². The highest BCUT2D eigenvalue weighted by molar-refractivity contribution is 7.16. The maximum absolute atomic E-state index is 13.0. The number of thiazole rings is 1. The van der Waals surface area contributed by atoms with Crippen LogP contribution in [0.1, 0.15) is 24.2 Å². The van der Waals surface area contributed by atoms with Gasteiger partial charge in [0, 0.05) is 5.56 Å². The van der Waals surface area contributed by atoms with Crippen LogP contribution in [0.15, 0.2) is 77.8 Å². The van der Waals surface area contributed by atoms with E-state index < -0.39 is 11.9 Å². The van der Waals surface area contributed by atoms with E-state index in [9.17, 15) is 9.59 Å². The van der Waals surface area contributed by atoms with Crippen LogP contribution in [0.3, 0.4) is 0 Å². The van der Waals surface area contributed by atoms with E-state index in [0.717, 1.165) is 4.70 Å².